The number of rotatable bonds is 7. The fourth-order valence-electron chi connectivity index (χ4n) is 3.93. The number of likely N-dealkylation sites (N-methyl/N-ethyl adjacent to an activating group) is 1. The number of halogens is 7. The second-order valence-electron chi connectivity index (χ2n) is 8.79. The van der Waals surface area contributed by atoms with E-state index in [1.807, 2.05) is 9.62 Å². The van der Waals surface area contributed by atoms with Crippen molar-refractivity contribution in [1.29, 1.82) is 0 Å². The van der Waals surface area contributed by atoms with E-state index in [0.717, 1.165) is 24.3 Å². The van der Waals surface area contributed by atoms with Gasteiger partial charge >= 0.3 is 12.4 Å². The molecule has 1 fully saturated rings. The van der Waals surface area contributed by atoms with Crippen molar-refractivity contribution in [1.82, 2.24) is 4.90 Å². The van der Waals surface area contributed by atoms with Gasteiger partial charge in [0, 0.05) is 19.2 Å². The summed E-state index contributed by atoms with van der Waals surface area (Å²) in [6, 6.07) is 10.2. The van der Waals surface area contributed by atoms with Gasteiger partial charge in [0.05, 0.1) is 26.7 Å². The third-order valence-electron chi connectivity index (χ3n) is 5.80. The van der Waals surface area contributed by atoms with E-state index in [4.69, 9.17) is 21.1 Å². The van der Waals surface area contributed by atoms with E-state index in [1.54, 1.807) is 13.1 Å². The van der Waals surface area contributed by atoms with Crippen molar-refractivity contribution < 1.29 is 44.2 Å². The number of sulfonamides is 1. The summed E-state index contributed by atoms with van der Waals surface area (Å²) in [7, 11) is -2.90. The van der Waals surface area contributed by atoms with Crippen molar-refractivity contribution in [3.63, 3.8) is 0 Å². The van der Waals surface area contributed by atoms with E-state index in [1.165, 1.54) is 18.2 Å². The highest BCUT2D eigenvalue weighted by Gasteiger charge is 2.37. The fourth-order valence-corrected chi connectivity index (χ4v) is 5.18. The molecule has 210 valence electrons. The highest BCUT2D eigenvalue weighted by molar-refractivity contribution is 7.92. The molecular formula is C25H21ClF6N2O4S. The summed E-state index contributed by atoms with van der Waals surface area (Å²) in [5, 5.41) is 0.0357. The minimum absolute atomic E-state index is 0.0357. The van der Waals surface area contributed by atoms with Crippen molar-refractivity contribution in [2.45, 2.75) is 29.8 Å². The predicted molar refractivity (Wildman–Crippen MR) is 132 cm³/mol. The second-order valence-corrected chi connectivity index (χ2v) is 10.9. The number of alkyl halides is 6. The molecule has 4 rings (SSSR count). The van der Waals surface area contributed by atoms with Gasteiger partial charge in [-0.05, 0) is 55.9 Å². The average Bonchev–Trinajstić information content (AvgIpc) is 3.23. The van der Waals surface area contributed by atoms with Gasteiger partial charge < -0.3 is 14.4 Å². The zero-order valence-corrected chi connectivity index (χ0v) is 21.7. The van der Waals surface area contributed by atoms with Crippen LogP contribution in [0.2, 0.25) is 5.02 Å². The van der Waals surface area contributed by atoms with Crippen LogP contribution in [-0.2, 0) is 22.4 Å². The maximum atomic E-state index is 13.8. The summed E-state index contributed by atoms with van der Waals surface area (Å²) in [4.78, 5) is 1.07. The standard InChI is InChI=1S/C25H21ClF6N2O4S/c1-34-11-10-16(14-34)37-23-12-15(6-8-18(23)24(27,28)29)33-39(35,36)17-7-9-21(19(13-17)25(30,31)32)38-22-5-3-2-4-20(22)26/h2-9,12-13,16,33H,10-11,14H2,1H3. The lowest BCUT2D eigenvalue weighted by Crippen LogP contribution is -2.23. The lowest BCUT2D eigenvalue weighted by molar-refractivity contribution is -0.139. The molecule has 1 unspecified atom stereocenters. The highest BCUT2D eigenvalue weighted by Crippen LogP contribution is 2.42. The van der Waals surface area contributed by atoms with Crippen molar-refractivity contribution in [3.05, 3.63) is 76.8 Å². The number of hydrogen-bond donors (Lipinski definition) is 1. The van der Waals surface area contributed by atoms with Crippen LogP contribution < -0.4 is 14.2 Å². The average molecular weight is 595 g/mol. The molecule has 3 aromatic rings. The van der Waals surface area contributed by atoms with Gasteiger partial charge in [-0.2, -0.15) is 26.3 Å². The Morgan fingerprint density at radius 1 is 0.897 bits per heavy atom. The summed E-state index contributed by atoms with van der Waals surface area (Å²) in [5.41, 5.74) is -2.83. The molecule has 39 heavy (non-hydrogen) atoms. The van der Waals surface area contributed by atoms with Gasteiger partial charge in [0.25, 0.3) is 10.0 Å². The molecule has 1 aliphatic rings. The molecule has 0 radical (unpaired) electrons. The van der Waals surface area contributed by atoms with Gasteiger partial charge in [0.1, 0.15) is 23.4 Å². The summed E-state index contributed by atoms with van der Waals surface area (Å²) in [5.74, 6) is -1.37. The lowest BCUT2D eigenvalue weighted by Gasteiger charge is -2.20. The Kier molecular flexibility index (Phi) is 7.97. The molecule has 0 saturated carbocycles. The molecule has 14 heteroatoms. The van der Waals surface area contributed by atoms with E-state index in [9.17, 15) is 34.8 Å². The van der Waals surface area contributed by atoms with E-state index in [0.29, 0.717) is 31.6 Å². The normalized spacial score (nSPS) is 16.8. The molecule has 0 aliphatic carbocycles. The Labute approximate surface area is 225 Å². The maximum Gasteiger partial charge on any atom is 0.420 e. The quantitative estimate of drug-likeness (QED) is 0.297. The van der Waals surface area contributed by atoms with Crippen LogP contribution in [0.5, 0.6) is 17.2 Å². The van der Waals surface area contributed by atoms with Gasteiger partial charge in [-0.1, -0.05) is 23.7 Å². The van der Waals surface area contributed by atoms with E-state index in [2.05, 4.69) is 0 Å². The summed E-state index contributed by atoms with van der Waals surface area (Å²) in [6.45, 7) is 0.978. The third kappa shape index (κ3) is 6.89. The zero-order valence-electron chi connectivity index (χ0n) is 20.1. The van der Waals surface area contributed by atoms with E-state index < -0.39 is 56.0 Å². The summed E-state index contributed by atoms with van der Waals surface area (Å²) < 4.78 is 121. The molecule has 0 amide bonds. The molecule has 1 heterocycles. The zero-order chi connectivity index (χ0) is 28.6. The third-order valence-corrected chi connectivity index (χ3v) is 7.50. The van der Waals surface area contributed by atoms with E-state index in [-0.39, 0.29) is 16.5 Å². The summed E-state index contributed by atoms with van der Waals surface area (Å²) in [6.07, 6.45) is -9.88. The van der Waals surface area contributed by atoms with E-state index >= 15 is 0 Å². The van der Waals surface area contributed by atoms with Gasteiger partial charge in [-0.3, -0.25) is 4.72 Å². The van der Waals surface area contributed by atoms with Crippen molar-refractivity contribution in [2.24, 2.45) is 0 Å². The Morgan fingerprint density at radius 3 is 2.21 bits per heavy atom. The maximum absolute atomic E-state index is 13.8. The minimum Gasteiger partial charge on any atom is -0.488 e. The fraction of sp³-hybridized carbons (Fsp3) is 0.280. The number of hydrogen-bond acceptors (Lipinski definition) is 5. The molecule has 1 saturated heterocycles. The van der Waals surface area contributed by atoms with Crippen LogP contribution in [0.15, 0.2) is 65.6 Å². The molecule has 3 aromatic carbocycles. The van der Waals surface area contributed by atoms with Gasteiger partial charge in [0.15, 0.2) is 0 Å². The molecule has 1 aliphatic heterocycles. The molecule has 0 aromatic heterocycles. The Hall–Kier alpha value is -3.16. The van der Waals surface area contributed by atoms with Crippen molar-refractivity contribution in [2.75, 3.05) is 24.9 Å². The van der Waals surface area contributed by atoms with Crippen LogP contribution in [0.3, 0.4) is 0 Å². The first kappa shape index (κ1) is 28.8. The van der Waals surface area contributed by atoms with Gasteiger partial charge in [-0.15, -0.1) is 0 Å². The largest absolute Gasteiger partial charge is 0.488 e. The number of nitrogens with one attached hydrogen (secondary N) is 1. The number of para-hydroxylation sites is 1. The number of nitrogens with zero attached hydrogens (tertiary/aromatic N) is 1. The Balaban J connectivity index is 1.65. The van der Waals surface area contributed by atoms with Crippen LogP contribution in [0, 0.1) is 0 Å². The Bertz CT molecular complexity index is 1460. The first-order valence-electron chi connectivity index (χ1n) is 11.4. The smallest absolute Gasteiger partial charge is 0.420 e. The Morgan fingerprint density at radius 2 is 1.59 bits per heavy atom. The van der Waals surface area contributed by atoms with Crippen LogP contribution >= 0.6 is 11.6 Å². The number of likely N-dealkylation sites (tertiary alicyclic amines) is 1. The van der Waals surface area contributed by atoms with Crippen LogP contribution in [-0.4, -0.2) is 39.6 Å². The van der Waals surface area contributed by atoms with Gasteiger partial charge in [-0.25, -0.2) is 8.42 Å². The molecule has 0 spiro atoms. The molecular weight excluding hydrogens is 574 g/mol. The van der Waals surface area contributed by atoms with Crippen molar-refractivity contribution >= 4 is 27.3 Å². The van der Waals surface area contributed by atoms with Gasteiger partial charge in [0.2, 0.25) is 0 Å². The monoisotopic (exact) mass is 594 g/mol. The molecule has 0 bridgehead atoms. The second kappa shape index (κ2) is 10.8. The number of anilines is 1. The topological polar surface area (TPSA) is 67.9 Å². The number of ether oxygens (including phenoxy) is 2. The van der Waals surface area contributed by atoms with Crippen LogP contribution in [0.1, 0.15) is 17.5 Å². The lowest BCUT2D eigenvalue weighted by atomic mass is 10.1. The predicted octanol–water partition coefficient (Wildman–Crippen LogP) is 7.05. The van der Waals surface area contributed by atoms with Crippen LogP contribution in [0.4, 0.5) is 32.0 Å². The van der Waals surface area contributed by atoms with Crippen molar-refractivity contribution in [3.8, 4) is 17.2 Å². The van der Waals surface area contributed by atoms with Crippen LogP contribution in [0.25, 0.3) is 0 Å². The molecule has 1 N–H and O–H groups in total. The molecule has 6 nitrogen and oxygen atoms in total. The highest BCUT2D eigenvalue weighted by atomic mass is 35.5. The number of benzene rings is 3. The minimum atomic E-state index is -5.01. The SMILES string of the molecule is CN1CCC(Oc2cc(NS(=O)(=O)c3ccc(Oc4ccccc4Cl)c(C(F)(F)F)c3)ccc2C(F)(F)F)C1. The first-order chi connectivity index (χ1) is 18.1. The first-order valence-corrected chi connectivity index (χ1v) is 13.2. The summed E-state index contributed by atoms with van der Waals surface area (Å²) >= 11 is 5.95. The molecule has 1 atom stereocenters.